The van der Waals surface area contributed by atoms with Gasteiger partial charge in [-0.1, -0.05) is 30.7 Å². The molecule has 1 saturated carbocycles. The Kier molecular flexibility index (Phi) is 5.29. The molecular formula is C17H25ClFNO. The molecule has 4 heteroatoms. The Hall–Kier alpha value is -0.640. The molecule has 21 heavy (non-hydrogen) atoms. The lowest BCUT2D eigenvalue weighted by atomic mass is 9.72. The van der Waals surface area contributed by atoms with E-state index in [4.69, 9.17) is 11.6 Å². The number of aliphatic hydroxyl groups is 1. The molecule has 1 aliphatic rings. The molecule has 2 nitrogen and oxygen atoms in total. The maximum Gasteiger partial charge on any atom is 0.145 e. The molecular weight excluding hydrogens is 289 g/mol. The molecule has 0 aromatic heterocycles. The molecule has 118 valence electrons. The average molecular weight is 314 g/mol. The van der Waals surface area contributed by atoms with Crippen molar-refractivity contribution in [3.8, 4) is 0 Å². The minimum absolute atomic E-state index is 0.121. The van der Waals surface area contributed by atoms with Crippen LogP contribution in [0.2, 0.25) is 5.02 Å². The predicted molar refractivity (Wildman–Crippen MR) is 85.2 cm³/mol. The summed E-state index contributed by atoms with van der Waals surface area (Å²) < 4.78 is 14.1. The van der Waals surface area contributed by atoms with Crippen molar-refractivity contribution in [1.82, 2.24) is 4.90 Å². The third-order valence-electron chi connectivity index (χ3n) is 5.10. The first-order valence-electron chi connectivity index (χ1n) is 7.65. The van der Waals surface area contributed by atoms with Crippen LogP contribution in [0.25, 0.3) is 0 Å². The van der Waals surface area contributed by atoms with Gasteiger partial charge in [0.15, 0.2) is 0 Å². The number of rotatable bonds is 4. The Morgan fingerprint density at radius 1 is 1.38 bits per heavy atom. The summed E-state index contributed by atoms with van der Waals surface area (Å²) in [5.41, 5.74) is 0.233. The lowest BCUT2D eigenvalue weighted by molar-refractivity contribution is -0.0385. The van der Waals surface area contributed by atoms with Crippen molar-refractivity contribution in [2.75, 3.05) is 14.1 Å². The van der Waals surface area contributed by atoms with Crippen molar-refractivity contribution in [2.24, 2.45) is 5.92 Å². The van der Waals surface area contributed by atoms with E-state index in [1.807, 2.05) is 14.1 Å². The Labute approximate surface area is 131 Å². The van der Waals surface area contributed by atoms with E-state index in [0.717, 1.165) is 25.7 Å². The summed E-state index contributed by atoms with van der Waals surface area (Å²) in [4.78, 5) is 2.12. The van der Waals surface area contributed by atoms with Gasteiger partial charge < -0.3 is 10.0 Å². The van der Waals surface area contributed by atoms with Crippen LogP contribution in [0.15, 0.2) is 18.2 Å². The van der Waals surface area contributed by atoms with E-state index >= 15 is 0 Å². The van der Waals surface area contributed by atoms with Gasteiger partial charge in [0.25, 0.3) is 0 Å². The van der Waals surface area contributed by atoms with Crippen LogP contribution >= 0.6 is 11.6 Å². The number of halogens is 2. The van der Waals surface area contributed by atoms with Crippen molar-refractivity contribution >= 4 is 11.6 Å². The van der Waals surface area contributed by atoms with E-state index in [2.05, 4.69) is 11.8 Å². The monoisotopic (exact) mass is 313 g/mol. The normalized spacial score (nSPS) is 27.9. The van der Waals surface area contributed by atoms with E-state index in [9.17, 15) is 9.50 Å². The van der Waals surface area contributed by atoms with E-state index in [1.165, 1.54) is 6.07 Å². The summed E-state index contributed by atoms with van der Waals surface area (Å²) in [6.45, 7) is 2.25. The molecule has 1 aromatic rings. The van der Waals surface area contributed by atoms with Gasteiger partial charge in [-0.15, -0.1) is 0 Å². The fourth-order valence-corrected chi connectivity index (χ4v) is 3.64. The van der Waals surface area contributed by atoms with Gasteiger partial charge in [-0.3, -0.25) is 0 Å². The van der Waals surface area contributed by atoms with Crippen molar-refractivity contribution in [1.29, 1.82) is 0 Å². The van der Waals surface area contributed by atoms with Gasteiger partial charge in [-0.05, 0) is 57.3 Å². The van der Waals surface area contributed by atoms with Crippen LogP contribution in [0.5, 0.6) is 0 Å². The molecule has 1 N–H and O–H groups in total. The second-order valence-corrected chi connectivity index (χ2v) is 7.02. The molecule has 1 atom stereocenters. The van der Waals surface area contributed by atoms with Crippen molar-refractivity contribution < 1.29 is 9.50 Å². The van der Waals surface area contributed by atoms with E-state index in [0.29, 0.717) is 17.9 Å². The average Bonchev–Trinajstić information content (AvgIpc) is 2.44. The topological polar surface area (TPSA) is 23.5 Å². The third-order valence-corrected chi connectivity index (χ3v) is 5.39. The Bertz CT molecular complexity index is 484. The number of benzene rings is 1. The first-order valence-corrected chi connectivity index (χ1v) is 8.03. The summed E-state index contributed by atoms with van der Waals surface area (Å²) in [5, 5.41) is 10.9. The molecule has 1 fully saturated rings. The van der Waals surface area contributed by atoms with Crippen LogP contribution in [-0.2, 0) is 6.42 Å². The number of aliphatic hydroxyl groups excluding tert-OH is 1. The van der Waals surface area contributed by atoms with Gasteiger partial charge in [0, 0.05) is 12.0 Å². The first kappa shape index (κ1) is 16.7. The molecule has 2 rings (SSSR count). The van der Waals surface area contributed by atoms with Gasteiger partial charge >= 0.3 is 0 Å². The number of hydrogen-bond acceptors (Lipinski definition) is 2. The van der Waals surface area contributed by atoms with Crippen LogP contribution in [0.4, 0.5) is 4.39 Å². The maximum absolute atomic E-state index is 14.1. The molecule has 0 heterocycles. The van der Waals surface area contributed by atoms with Crippen LogP contribution in [0, 0.1) is 11.7 Å². The fourth-order valence-electron chi connectivity index (χ4n) is 3.44. The lowest BCUT2D eigenvalue weighted by Gasteiger charge is -2.47. The van der Waals surface area contributed by atoms with E-state index in [1.54, 1.807) is 12.1 Å². The number of nitrogens with zero attached hydrogens (tertiary/aromatic N) is 1. The zero-order valence-electron chi connectivity index (χ0n) is 13.1. The molecule has 0 bridgehead atoms. The molecule has 0 saturated heterocycles. The van der Waals surface area contributed by atoms with Crippen LogP contribution in [0.3, 0.4) is 0 Å². The molecule has 0 radical (unpaired) electrons. The summed E-state index contributed by atoms with van der Waals surface area (Å²) in [6, 6.07) is 4.98. The van der Waals surface area contributed by atoms with Crippen molar-refractivity contribution in [3.05, 3.63) is 34.6 Å². The second kappa shape index (κ2) is 6.64. The highest BCUT2D eigenvalue weighted by Gasteiger charge is 2.42. The van der Waals surface area contributed by atoms with E-state index in [-0.39, 0.29) is 10.6 Å². The lowest BCUT2D eigenvalue weighted by Crippen LogP contribution is -2.56. The Morgan fingerprint density at radius 3 is 2.57 bits per heavy atom. The Morgan fingerprint density at radius 2 is 2.00 bits per heavy atom. The fraction of sp³-hybridized carbons (Fsp3) is 0.647. The Balaban J connectivity index is 2.20. The third kappa shape index (κ3) is 3.41. The van der Waals surface area contributed by atoms with E-state index < -0.39 is 11.9 Å². The largest absolute Gasteiger partial charge is 0.391 e. The summed E-state index contributed by atoms with van der Waals surface area (Å²) >= 11 is 5.83. The predicted octanol–water partition coefficient (Wildman–Crippen LogP) is 3.89. The quantitative estimate of drug-likeness (QED) is 0.911. The highest BCUT2D eigenvalue weighted by Crippen LogP contribution is 2.39. The van der Waals surface area contributed by atoms with Gasteiger partial charge in [0.2, 0.25) is 0 Å². The van der Waals surface area contributed by atoms with Crippen molar-refractivity contribution in [3.63, 3.8) is 0 Å². The van der Waals surface area contributed by atoms with Crippen LogP contribution in [0.1, 0.15) is 38.2 Å². The zero-order chi connectivity index (χ0) is 15.6. The molecule has 1 unspecified atom stereocenters. The molecule has 1 aromatic carbocycles. The van der Waals surface area contributed by atoms with Crippen LogP contribution < -0.4 is 0 Å². The minimum Gasteiger partial charge on any atom is -0.391 e. The molecule has 0 spiro atoms. The summed E-state index contributed by atoms with van der Waals surface area (Å²) in [5.74, 6) is 0.296. The standard InChI is InChI=1S/C17H25ClFNO/c1-12-7-9-17(10-8-12,20(2)3)15(21)11-13-5-4-6-14(18)16(13)19/h4-6,12,15,21H,7-11H2,1-3H3. The van der Waals surface area contributed by atoms with Gasteiger partial charge in [0.05, 0.1) is 11.1 Å². The molecule has 0 aliphatic heterocycles. The second-order valence-electron chi connectivity index (χ2n) is 6.61. The van der Waals surface area contributed by atoms with Crippen LogP contribution in [-0.4, -0.2) is 35.7 Å². The minimum atomic E-state index is -0.590. The first-order chi connectivity index (χ1) is 9.86. The number of likely N-dealkylation sites (N-methyl/N-ethyl adjacent to an activating group) is 1. The SMILES string of the molecule is CC1CCC(C(O)Cc2cccc(Cl)c2F)(N(C)C)CC1. The highest BCUT2D eigenvalue weighted by molar-refractivity contribution is 6.30. The number of hydrogen-bond donors (Lipinski definition) is 1. The summed E-state index contributed by atoms with van der Waals surface area (Å²) in [7, 11) is 4.01. The maximum atomic E-state index is 14.1. The van der Waals surface area contributed by atoms with Crippen molar-refractivity contribution in [2.45, 2.75) is 50.7 Å². The smallest absolute Gasteiger partial charge is 0.145 e. The molecule has 1 aliphatic carbocycles. The highest BCUT2D eigenvalue weighted by atomic mass is 35.5. The molecule has 0 amide bonds. The van der Waals surface area contributed by atoms with Gasteiger partial charge in [-0.2, -0.15) is 0 Å². The van der Waals surface area contributed by atoms with Gasteiger partial charge in [-0.25, -0.2) is 4.39 Å². The summed E-state index contributed by atoms with van der Waals surface area (Å²) in [6.07, 6.45) is 3.82. The van der Waals surface area contributed by atoms with Gasteiger partial charge in [0.1, 0.15) is 5.82 Å². The zero-order valence-corrected chi connectivity index (χ0v) is 13.8.